The Balaban J connectivity index is 1.62. The number of carbonyl (C=O) groups is 1. The maximum absolute atomic E-state index is 12.1. The van der Waals surface area contributed by atoms with Gasteiger partial charge in [0, 0.05) is 28.2 Å². The third kappa shape index (κ3) is 2.59. The van der Waals surface area contributed by atoms with Crippen molar-refractivity contribution in [1.29, 1.82) is 0 Å². The predicted octanol–water partition coefficient (Wildman–Crippen LogP) is 2.46. The summed E-state index contributed by atoms with van der Waals surface area (Å²) in [5.74, 6) is 0.0498. The van der Waals surface area contributed by atoms with Crippen molar-refractivity contribution in [2.75, 3.05) is 0 Å². The highest BCUT2D eigenvalue weighted by Crippen LogP contribution is 2.26. The number of carbonyl (C=O) groups excluding carboxylic acids is 1. The molecule has 2 heterocycles. The SMILES string of the molecule is O=C(NC1CC2CCC(C1)N2)c1ccc(Br)cc1. The highest BCUT2D eigenvalue weighted by Gasteiger charge is 2.33. The average molecular weight is 309 g/mol. The Bertz CT molecular complexity index is 434. The molecule has 1 amide bonds. The van der Waals surface area contributed by atoms with Crippen LogP contribution in [-0.4, -0.2) is 24.0 Å². The second-order valence-corrected chi connectivity index (χ2v) is 6.20. The zero-order chi connectivity index (χ0) is 12.5. The third-order valence-corrected chi connectivity index (χ3v) is 4.44. The van der Waals surface area contributed by atoms with Gasteiger partial charge in [-0.1, -0.05) is 15.9 Å². The van der Waals surface area contributed by atoms with Crippen molar-refractivity contribution in [2.24, 2.45) is 0 Å². The molecule has 2 bridgehead atoms. The van der Waals surface area contributed by atoms with Gasteiger partial charge in [0.25, 0.3) is 5.91 Å². The van der Waals surface area contributed by atoms with Crippen LogP contribution in [0.5, 0.6) is 0 Å². The largest absolute Gasteiger partial charge is 0.349 e. The Hall–Kier alpha value is -0.870. The standard InChI is InChI=1S/C14H17BrN2O/c15-10-3-1-9(2-4-10)14(18)17-13-7-11-5-6-12(8-13)16-11/h1-4,11-13,16H,5-8H2,(H,17,18). The van der Waals surface area contributed by atoms with Crippen LogP contribution in [0.3, 0.4) is 0 Å². The van der Waals surface area contributed by atoms with Gasteiger partial charge in [0.05, 0.1) is 0 Å². The molecule has 2 saturated heterocycles. The smallest absolute Gasteiger partial charge is 0.251 e. The Morgan fingerprint density at radius 2 is 1.78 bits per heavy atom. The van der Waals surface area contributed by atoms with Crippen LogP contribution in [0.2, 0.25) is 0 Å². The lowest BCUT2D eigenvalue weighted by molar-refractivity contribution is 0.0924. The molecule has 3 rings (SSSR count). The van der Waals surface area contributed by atoms with Gasteiger partial charge >= 0.3 is 0 Å². The van der Waals surface area contributed by atoms with E-state index in [2.05, 4.69) is 26.6 Å². The zero-order valence-electron chi connectivity index (χ0n) is 10.2. The van der Waals surface area contributed by atoms with E-state index in [-0.39, 0.29) is 5.91 Å². The lowest BCUT2D eigenvalue weighted by atomic mass is 9.99. The summed E-state index contributed by atoms with van der Waals surface area (Å²) in [7, 11) is 0. The lowest BCUT2D eigenvalue weighted by Gasteiger charge is -2.29. The van der Waals surface area contributed by atoms with Crippen LogP contribution >= 0.6 is 15.9 Å². The molecule has 3 nitrogen and oxygen atoms in total. The summed E-state index contributed by atoms with van der Waals surface area (Å²) in [5, 5.41) is 6.74. The highest BCUT2D eigenvalue weighted by molar-refractivity contribution is 9.10. The van der Waals surface area contributed by atoms with Gasteiger partial charge in [-0.05, 0) is 49.9 Å². The second kappa shape index (κ2) is 5.02. The molecule has 1 aromatic carbocycles. The fourth-order valence-electron chi connectivity index (χ4n) is 3.05. The molecule has 0 saturated carbocycles. The zero-order valence-corrected chi connectivity index (χ0v) is 11.7. The quantitative estimate of drug-likeness (QED) is 0.881. The van der Waals surface area contributed by atoms with E-state index in [1.165, 1.54) is 12.8 Å². The summed E-state index contributed by atoms with van der Waals surface area (Å²) in [6.07, 6.45) is 4.65. The molecule has 2 atom stereocenters. The molecule has 18 heavy (non-hydrogen) atoms. The van der Waals surface area contributed by atoms with Crippen LogP contribution in [0.4, 0.5) is 0 Å². The van der Waals surface area contributed by atoms with E-state index in [4.69, 9.17) is 0 Å². The van der Waals surface area contributed by atoms with Gasteiger partial charge in [-0.25, -0.2) is 0 Å². The summed E-state index contributed by atoms with van der Waals surface area (Å²) < 4.78 is 0.999. The Labute approximate surface area is 115 Å². The Morgan fingerprint density at radius 3 is 2.39 bits per heavy atom. The van der Waals surface area contributed by atoms with Crippen molar-refractivity contribution in [2.45, 2.75) is 43.8 Å². The molecule has 4 heteroatoms. The fraction of sp³-hybridized carbons (Fsp3) is 0.500. The number of piperidine rings is 1. The highest BCUT2D eigenvalue weighted by atomic mass is 79.9. The molecule has 96 valence electrons. The number of amides is 1. The van der Waals surface area contributed by atoms with Gasteiger partial charge in [0.1, 0.15) is 0 Å². The molecule has 2 aliphatic heterocycles. The van der Waals surface area contributed by atoms with E-state index in [0.717, 1.165) is 22.9 Å². The van der Waals surface area contributed by atoms with Crippen LogP contribution < -0.4 is 10.6 Å². The topological polar surface area (TPSA) is 41.1 Å². The number of fused-ring (bicyclic) bond motifs is 2. The monoisotopic (exact) mass is 308 g/mol. The molecule has 2 aliphatic rings. The Morgan fingerprint density at radius 1 is 1.17 bits per heavy atom. The number of halogens is 1. The number of benzene rings is 1. The summed E-state index contributed by atoms with van der Waals surface area (Å²) >= 11 is 3.38. The summed E-state index contributed by atoms with van der Waals surface area (Å²) in [6, 6.07) is 9.07. The van der Waals surface area contributed by atoms with Crippen LogP contribution in [0.15, 0.2) is 28.7 Å². The maximum Gasteiger partial charge on any atom is 0.251 e. The molecule has 1 aromatic rings. The first kappa shape index (κ1) is 12.2. The molecule has 2 unspecified atom stereocenters. The van der Waals surface area contributed by atoms with E-state index in [9.17, 15) is 4.79 Å². The minimum atomic E-state index is 0.0498. The van der Waals surface area contributed by atoms with E-state index >= 15 is 0 Å². The van der Waals surface area contributed by atoms with Crippen LogP contribution in [-0.2, 0) is 0 Å². The van der Waals surface area contributed by atoms with Crippen molar-refractivity contribution < 1.29 is 4.79 Å². The molecule has 0 radical (unpaired) electrons. The van der Waals surface area contributed by atoms with Crippen molar-refractivity contribution in [3.8, 4) is 0 Å². The van der Waals surface area contributed by atoms with Crippen LogP contribution in [0.1, 0.15) is 36.0 Å². The first-order valence-corrected chi connectivity index (χ1v) is 7.32. The first-order valence-electron chi connectivity index (χ1n) is 6.53. The molecule has 2 N–H and O–H groups in total. The summed E-state index contributed by atoms with van der Waals surface area (Å²) in [5.41, 5.74) is 0.740. The normalized spacial score (nSPS) is 30.2. The number of hydrogen-bond donors (Lipinski definition) is 2. The number of nitrogens with one attached hydrogen (secondary N) is 2. The van der Waals surface area contributed by atoms with Gasteiger partial charge in [-0.15, -0.1) is 0 Å². The van der Waals surface area contributed by atoms with E-state index in [1.807, 2.05) is 24.3 Å². The van der Waals surface area contributed by atoms with Crippen molar-refractivity contribution in [3.05, 3.63) is 34.3 Å². The summed E-state index contributed by atoms with van der Waals surface area (Å²) in [6.45, 7) is 0. The maximum atomic E-state index is 12.1. The second-order valence-electron chi connectivity index (χ2n) is 5.29. The molecule has 0 aromatic heterocycles. The van der Waals surface area contributed by atoms with E-state index in [1.54, 1.807) is 0 Å². The van der Waals surface area contributed by atoms with Gasteiger partial charge in [0.2, 0.25) is 0 Å². The lowest BCUT2D eigenvalue weighted by Crippen LogP contribution is -2.48. The molecular formula is C14H17BrN2O. The van der Waals surface area contributed by atoms with Crippen molar-refractivity contribution in [3.63, 3.8) is 0 Å². The third-order valence-electron chi connectivity index (χ3n) is 3.91. The summed E-state index contributed by atoms with van der Waals surface area (Å²) in [4.78, 5) is 12.1. The number of rotatable bonds is 2. The van der Waals surface area contributed by atoms with Crippen molar-refractivity contribution in [1.82, 2.24) is 10.6 Å². The minimum absolute atomic E-state index is 0.0498. The molecule has 0 aliphatic carbocycles. The first-order chi connectivity index (χ1) is 8.70. The Kier molecular flexibility index (Phi) is 3.39. The van der Waals surface area contributed by atoms with Gasteiger partial charge in [-0.2, -0.15) is 0 Å². The molecule has 0 spiro atoms. The van der Waals surface area contributed by atoms with Gasteiger partial charge in [0.15, 0.2) is 0 Å². The van der Waals surface area contributed by atoms with Gasteiger partial charge < -0.3 is 10.6 Å². The minimum Gasteiger partial charge on any atom is -0.349 e. The predicted molar refractivity (Wildman–Crippen MR) is 74.6 cm³/mol. The average Bonchev–Trinajstić information content (AvgIpc) is 2.69. The van der Waals surface area contributed by atoms with Crippen molar-refractivity contribution >= 4 is 21.8 Å². The molecular weight excluding hydrogens is 292 g/mol. The van der Waals surface area contributed by atoms with Gasteiger partial charge in [-0.3, -0.25) is 4.79 Å². The van der Waals surface area contributed by atoms with Crippen LogP contribution in [0, 0.1) is 0 Å². The fourth-order valence-corrected chi connectivity index (χ4v) is 3.31. The van der Waals surface area contributed by atoms with Crippen LogP contribution in [0.25, 0.3) is 0 Å². The van der Waals surface area contributed by atoms with E-state index in [0.29, 0.717) is 18.1 Å². The molecule has 2 fully saturated rings. The van der Waals surface area contributed by atoms with E-state index < -0.39 is 0 Å². The number of hydrogen-bond acceptors (Lipinski definition) is 2.